The largest absolute Gasteiger partial charge is 0.370 e. The number of hydrogen-bond donors (Lipinski definition) is 1. The molecular weight excluding hydrogens is 258 g/mol. The highest BCUT2D eigenvalue weighted by Gasteiger charge is 2.28. The molecule has 2 rings (SSSR count). The van der Waals surface area contributed by atoms with Crippen LogP contribution in [0.25, 0.3) is 0 Å². The van der Waals surface area contributed by atoms with Crippen molar-refractivity contribution in [3.8, 4) is 0 Å². The molecule has 1 aliphatic heterocycles. The Morgan fingerprint density at radius 1 is 1.29 bits per heavy atom. The molecule has 1 aliphatic rings. The van der Waals surface area contributed by atoms with Crippen LogP contribution in [0.2, 0.25) is 0 Å². The molecule has 1 saturated heterocycles. The lowest BCUT2D eigenvalue weighted by Crippen LogP contribution is -2.38. The summed E-state index contributed by atoms with van der Waals surface area (Å²) in [6, 6.07) is 4.72. The molecule has 0 radical (unpaired) electrons. The van der Waals surface area contributed by atoms with Crippen molar-refractivity contribution in [2.45, 2.75) is 53.5 Å². The van der Waals surface area contributed by atoms with Crippen LogP contribution in [0, 0.1) is 11.3 Å². The normalized spacial score (nSPS) is 18.8. The van der Waals surface area contributed by atoms with Crippen LogP contribution in [0.3, 0.4) is 0 Å². The summed E-state index contributed by atoms with van der Waals surface area (Å²) in [5, 5.41) is 3.41. The van der Waals surface area contributed by atoms with Gasteiger partial charge in [-0.05, 0) is 49.8 Å². The Hall–Kier alpha value is -1.09. The van der Waals surface area contributed by atoms with Crippen LogP contribution in [-0.2, 0) is 0 Å². The number of piperidine rings is 1. The van der Waals surface area contributed by atoms with Crippen molar-refractivity contribution < 1.29 is 0 Å². The molecule has 0 amide bonds. The van der Waals surface area contributed by atoms with Crippen LogP contribution in [-0.4, -0.2) is 24.6 Å². The molecule has 1 aromatic rings. The van der Waals surface area contributed by atoms with E-state index in [0.29, 0.717) is 11.5 Å². The summed E-state index contributed by atoms with van der Waals surface area (Å²) in [6.45, 7) is 14.7. The monoisotopic (exact) mass is 289 g/mol. The van der Waals surface area contributed by atoms with Crippen molar-refractivity contribution in [2.75, 3.05) is 24.5 Å². The molecule has 21 heavy (non-hydrogen) atoms. The maximum Gasteiger partial charge on any atom is 0.0572 e. The van der Waals surface area contributed by atoms with E-state index in [0.717, 1.165) is 31.2 Å². The molecular formula is C18H31N3. The highest BCUT2D eigenvalue weighted by atomic mass is 15.1. The van der Waals surface area contributed by atoms with Gasteiger partial charge in [-0.3, -0.25) is 4.98 Å². The van der Waals surface area contributed by atoms with Gasteiger partial charge in [-0.1, -0.05) is 27.7 Å². The summed E-state index contributed by atoms with van der Waals surface area (Å²) in [7, 11) is 0. The number of nitrogens with zero attached hydrogens (tertiary/aromatic N) is 2. The molecule has 0 aliphatic carbocycles. The van der Waals surface area contributed by atoms with Gasteiger partial charge in [0, 0.05) is 19.1 Å². The number of anilines is 1. The number of aromatic nitrogens is 1. The zero-order valence-corrected chi connectivity index (χ0v) is 14.3. The fourth-order valence-electron chi connectivity index (χ4n) is 3.26. The Morgan fingerprint density at radius 2 is 1.95 bits per heavy atom. The van der Waals surface area contributed by atoms with Crippen LogP contribution >= 0.6 is 0 Å². The maximum absolute atomic E-state index is 4.64. The Balaban J connectivity index is 1.95. The standard InChI is InChI=1S/C18H31N3/c1-6-19-14(2)17-8-7-16(13-20-17)21-11-9-15(10-12-21)18(3,4)5/h7-8,13-15,19H,6,9-12H2,1-5H3. The molecule has 1 unspecified atom stereocenters. The van der Waals surface area contributed by atoms with Crippen molar-refractivity contribution in [3.63, 3.8) is 0 Å². The molecule has 2 heterocycles. The molecule has 118 valence electrons. The number of rotatable bonds is 4. The molecule has 1 atom stereocenters. The molecule has 0 aromatic carbocycles. The van der Waals surface area contributed by atoms with E-state index in [4.69, 9.17) is 0 Å². The van der Waals surface area contributed by atoms with Gasteiger partial charge < -0.3 is 10.2 Å². The first kappa shape index (κ1) is 16.3. The van der Waals surface area contributed by atoms with Crippen LogP contribution in [0.4, 0.5) is 5.69 Å². The average Bonchev–Trinajstić information content (AvgIpc) is 2.47. The summed E-state index contributed by atoms with van der Waals surface area (Å²) in [4.78, 5) is 7.12. The van der Waals surface area contributed by atoms with Gasteiger partial charge in [0.2, 0.25) is 0 Å². The van der Waals surface area contributed by atoms with Crippen LogP contribution < -0.4 is 10.2 Å². The zero-order valence-electron chi connectivity index (χ0n) is 14.3. The van der Waals surface area contributed by atoms with E-state index < -0.39 is 0 Å². The third kappa shape index (κ3) is 4.19. The van der Waals surface area contributed by atoms with Gasteiger partial charge in [0.1, 0.15) is 0 Å². The second kappa shape index (κ2) is 6.78. The van der Waals surface area contributed by atoms with Gasteiger partial charge in [0.25, 0.3) is 0 Å². The second-order valence-electron chi connectivity index (χ2n) is 7.35. The minimum atomic E-state index is 0.329. The quantitative estimate of drug-likeness (QED) is 0.907. The van der Waals surface area contributed by atoms with Crippen molar-refractivity contribution in [1.82, 2.24) is 10.3 Å². The maximum atomic E-state index is 4.64. The second-order valence-corrected chi connectivity index (χ2v) is 7.35. The van der Waals surface area contributed by atoms with E-state index in [1.165, 1.54) is 18.5 Å². The highest BCUT2D eigenvalue weighted by molar-refractivity contribution is 5.45. The van der Waals surface area contributed by atoms with Gasteiger partial charge in [-0.15, -0.1) is 0 Å². The topological polar surface area (TPSA) is 28.2 Å². The van der Waals surface area contributed by atoms with Crippen molar-refractivity contribution in [2.24, 2.45) is 11.3 Å². The van der Waals surface area contributed by atoms with Crippen LogP contribution in [0.1, 0.15) is 59.2 Å². The SMILES string of the molecule is CCNC(C)c1ccc(N2CCC(C(C)(C)C)CC2)cn1. The lowest BCUT2D eigenvalue weighted by molar-refractivity contribution is 0.199. The molecule has 0 saturated carbocycles. The Morgan fingerprint density at radius 3 is 2.43 bits per heavy atom. The van der Waals surface area contributed by atoms with Gasteiger partial charge in [-0.2, -0.15) is 0 Å². The van der Waals surface area contributed by atoms with Crippen molar-refractivity contribution in [1.29, 1.82) is 0 Å². The summed E-state index contributed by atoms with van der Waals surface area (Å²) in [5.41, 5.74) is 2.84. The third-order valence-electron chi connectivity index (χ3n) is 4.81. The van der Waals surface area contributed by atoms with E-state index in [-0.39, 0.29) is 0 Å². The predicted octanol–water partition coefficient (Wildman–Crippen LogP) is 4.01. The van der Waals surface area contributed by atoms with E-state index >= 15 is 0 Å². The Bertz CT molecular complexity index is 425. The minimum Gasteiger partial charge on any atom is -0.370 e. The first-order valence-corrected chi connectivity index (χ1v) is 8.36. The predicted molar refractivity (Wildman–Crippen MR) is 90.7 cm³/mol. The van der Waals surface area contributed by atoms with Crippen LogP contribution in [0.5, 0.6) is 0 Å². The van der Waals surface area contributed by atoms with Crippen LogP contribution in [0.15, 0.2) is 18.3 Å². The molecule has 3 nitrogen and oxygen atoms in total. The minimum absolute atomic E-state index is 0.329. The molecule has 1 N–H and O–H groups in total. The number of nitrogens with one attached hydrogen (secondary N) is 1. The lowest BCUT2D eigenvalue weighted by atomic mass is 9.75. The first-order chi connectivity index (χ1) is 9.91. The van der Waals surface area contributed by atoms with E-state index in [1.54, 1.807) is 0 Å². The third-order valence-corrected chi connectivity index (χ3v) is 4.81. The summed E-state index contributed by atoms with van der Waals surface area (Å²) in [5.74, 6) is 0.842. The number of hydrogen-bond acceptors (Lipinski definition) is 3. The summed E-state index contributed by atoms with van der Waals surface area (Å²) in [6.07, 6.45) is 4.62. The fraction of sp³-hybridized carbons (Fsp3) is 0.722. The van der Waals surface area contributed by atoms with Gasteiger partial charge in [0.15, 0.2) is 0 Å². The van der Waals surface area contributed by atoms with E-state index in [1.807, 2.05) is 6.20 Å². The Kier molecular flexibility index (Phi) is 5.26. The molecule has 1 aromatic heterocycles. The molecule has 1 fully saturated rings. The highest BCUT2D eigenvalue weighted by Crippen LogP contribution is 2.35. The smallest absolute Gasteiger partial charge is 0.0572 e. The summed E-state index contributed by atoms with van der Waals surface area (Å²) >= 11 is 0. The van der Waals surface area contributed by atoms with Crippen molar-refractivity contribution >= 4 is 5.69 Å². The summed E-state index contributed by atoms with van der Waals surface area (Å²) < 4.78 is 0. The number of pyridine rings is 1. The average molecular weight is 289 g/mol. The first-order valence-electron chi connectivity index (χ1n) is 8.36. The molecule has 0 bridgehead atoms. The lowest BCUT2D eigenvalue weighted by Gasteiger charge is -2.39. The Labute approximate surface area is 130 Å². The van der Waals surface area contributed by atoms with E-state index in [9.17, 15) is 0 Å². The zero-order chi connectivity index (χ0) is 15.5. The van der Waals surface area contributed by atoms with Crippen molar-refractivity contribution in [3.05, 3.63) is 24.0 Å². The van der Waals surface area contributed by atoms with Gasteiger partial charge >= 0.3 is 0 Å². The fourth-order valence-corrected chi connectivity index (χ4v) is 3.26. The molecule has 0 spiro atoms. The molecule has 3 heteroatoms. The van der Waals surface area contributed by atoms with E-state index in [2.05, 4.69) is 62.0 Å². The van der Waals surface area contributed by atoms with Gasteiger partial charge in [-0.25, -0.2) is 0 Å². The van der Waals surface area contributed by atoms with Gasteiger partial charge in [0.05, 0.1) is 17.6 Å².